The molecule has 2 aliphatic carbocycles. The van der Waals surface area contributed by atoms with Gasteiger partial charge in [0.1, 0.15) is 5.60 Å². The van der Waals surface area contributed by atoms with Crippen LogP contribution in [0.25, 0.3) is 0 Å². The zero-order valence-electron chi connectivity index (χ0n) is 7.92. The molecule has 1 nitrogen and oxygen atoms in total. The van der Waals surface area contributed by atoms with E-state index >= 15 is 0 Å². The molecule has 1 N–H and O–H groups in total. The Labute approximate surface area is 79.8 Å². The summed E-state index contributed by atoms with van der Waals surface area (Å²) in [5.74, 6) is 2.63. The Hall–Kier alpha value is -0.740. The van der Waals surface area contributed by atoms with Crippen LogP contribution in [0, 0.1) is 17.8 Å². The first kappa shape index (κ1) is 8.84. The van der Waals surface area contributed by atoms with Crippen molar-refractivity contribution in [3.05, 3.63) is 12.2 Å². The Morgan fingerprint density at radius 1 is 1.15 bits per heavy atom. The van der Waals surface area contributed by atoms with Gasteiger partial charge in [0, 0.05) is 5.41 Å². The van der Waals surface area contributed by atoms with Gasteiger partial charge in [-0.15, -0.1) is 6.42 Å². The lowest BCUT2D eigenvalue weighted by atomic mass is 9.62. The molecule has 0 aliphatic heterocycles. The van der Waals surface area contributed by atoms with Crippen molar-refractivity contribution in [2.45, 2.75) is 44.1 Å². The van der Waals surface area contributed by atoms with Crippen LogP contribution in [0.2, 0.25) is 0 Å². The van der Waals surface area contributed by atoms with Crippen molar-refractivity contribution in [1.82, 2.24) is 0 Å². The quantitative estimate of drug-likeness (QED) is 0.443. The van der Waals surface area contributed by atoms with Crippen molar-refractivity contribution in [2.75, 3.05) is 0 Å². The third kappa shape index (κ3) is 1.13. The summed E-state index contributed by atoms with van der Waals surface area (Å²) >= 11 is 0. The van der Waals surface area contributed by atoms with Crippen LogP contribution in [0.1, 0.15) is 38.5 Å². The maximum Gasteiger partial charge on any atom is 0.131 e. The lowest BCUT2D eigenvalue weighted by Gasteiger charge is -2.45. The second kappa shape index (κ2) is 2.89. The molecule has 13 heavy (non-hydrogen) atoms. The smallest absolute Gasteiger partial charge is 0.131 e. The van der Waals surface area contributed by atoms with Gasteiger partial charge in [0.2, 0.25) is 0 Å². The fraction of sp³-hybridized carbons (Fsp3) is 0.667. The van der Waals surface area contributed by atoms with Gasteiger partial charge in [-0.05, 0) is 32.1 Å². The molecule has 2 rings (SSSR count). The highest BCUT2D eigenvalue weighted by molar-refractivity contribution is 5.23. The molecule has 70 valence electrons. The van der Waals surface area contributed by atoms with Crippen LogP contribution >= 0.6 is 0 Å². The summed E-state index contributed by atoms with van der Waals surface area (Å²) in [6.45, 7) is 0. The maximum atomic E-state index is 10.4. The summed E-state index contributed by atoms with van der Waals surface area (Å²) in [5, 5.41) is 10.4. The lowest BCUT2D eigenvalue weighted by Crippen LogP contribution is -2.48. The minimum atomic E-state index is -0.839. The molecule has 0 bridgehead atoms. The summed E-state index contributed by atoms with van der Waals surface area (Å²) < 4.78 is 0. The highest BCUT2D eigenvalue weighted by Crippen LogP contribution is 2.51. The summed E-state index contributed by atoms with van der Waals surface area (Å²) in [4.78, 5) is 0. The molecule has 1 fully saturated rings. The Balaban J connectivity index is 2.29. The molecule has 0 amide bonds. The number of hydrogen-bond acceptors (Lipinski definition) is 1. The van der Waals surface area contributed by atoms with Gasteiger partial charge in [-0.1, -0.05) is 24.5 Å². The third-order valence-electron chi connectivity index (χ3n) is 3.74. The van der Waals surface area contributed by atoms with Crippen LogP contribution in [0.15, 0.2) is 12.2 Å². The van der Waals surface area contributed by atoms with E-state index in [2.05, 4.69) is 18.1 Å². The van der Waals surface area contributed by atoms with Gasteiger partial charge in [-0.25, -0.2) is 0 Å². The average Bonchev–Trinajstić information content (AvgIpc) is 2.61. The van der Waals surface area contributed by atoms with E-state index in [1.165, 1.54) is 6.42 Å². The highest BCUT2D eigenvalue weighted by atomic mass is 16.3. The van der Waals surface area contributed by atoms with Crippen LogP contribution in [-0.2, 0) is 0 Å². The van der Waals surface area contributed by atoms with E-state index in [9.17, 15) is 5.11 Å². The molecule has 1 atom stereocenters. The lowest BCUT2D eigenvalue weighted by molar-refractivity contribution is -0.0627. The molecule has 0 heterocycles. The fourth-order valence-electron chi connectivity index (χ4n) is 2.78. The zero-order valence-corrected chi connectivity index (χ0v) is 7.92. The predicted molar refractivity (Wildman–Crippen MR) is 53.1 cm³/mol. The van der Waals surface area contributed by atoms with Gasteiger partial charge in [0.25, 0.3) is 0 Å². The van der Waals surface area contributed by atoms with Crippen molar-refractivity contribution in [1.29, 1.82) is 0 Å². The molecular weight excluding hydrogens is 160 g/mol. The fourth-order valence-corrected chi connectivity index (χ4v) is 2.78. The number of aliphatic hydroxyl groups is 1. The molecular formula is C12H16O. The molecule has 0 aromatic carbocycles. The predicted octanol–water partition coefficient (Wildman–Crippen LogP) is 2.26. The van der Waals surface area contributed by atoms with Gasteiger partial charge in [-0.2, -0.15) is 0 Å². The summed E-state index contributed by atoms with van der Waals surface area (Å²) in [6.07, 6.45) is 15.9. The SMILES string of the molecule is C#CC1(O)CCCCC12CC=CC2. The van der Waals surface area contributed by atoms with Crippen molar-refractivity contribution in [2.24, 2.45) is 5.41 Å². The second-order valence-electron chi connectivity index (χ2n) is 4.37. The van der Waals surface area contributed by atoms with E-state index < -0.39 is 5.60 Å². The molecule has 1 saturated carbocycles. The summed E-state index contributed by atoms with van der Waals surface area (Å²) in [5.41, 5.74) is -0.852. The number of hydrogen-bond donors (Lipinski definition) is 1. The van der Waals surface area contributed by atoms with Crippen LogP contribution in [-0.4, -0.2) is 10.7 Å². The van der Waals surface area contributed by atoms with E-state index in [1.54, 1.807) is 0 Å². The first-order chi connectivity index (χ1) is 6.22. The molecule has 0 saturated heterocycles. The van der Waals surface area contributed by atoms with Crippen LogP contribution < -0.4 is 0 Å². The van der Waals surface area contributed by atoms with Crippen LogP contribution in [0.5, 0.6) is 0 Å². The monoisotopic (exact) mass is 176 g/mol. The third-order valence-corrected chi connectivity index (χ3v) is 3.74. The Bertz CT molecular complexity index is 263. The van der Waals surface area contributed by atoms with E-state index in [1.807, 2.05) is 0 Å². The van der Waals surface area contributed by atoms with Crippen molar-refractivity contribution in [3.63, 3.8) is 0 Å². The van der Waals surface area contributed by atoms with E-state index in [0.717, 1.165) is 32.1 Å². The zero-order chi connectivity index (χ0) is 9.36. The molecule has 0 aromatic rings. The Morgan fingerprint density at radius 3 is 2.38 bits per heavy atom. The average molecular weight is 176 g/mol. The molecule has 1 unspecified atom stereocenters. The summed E-state index contributed by atoms with van der Waals surface area (Å²) in [7, 11) is 0. The van der Waals surface area contributed by atoms with E-state index in [4.69, 9.17) is 6.42 Å². The van der Waals surface area contributed by atoms with E-state index in [0.29, 0.717) is 0 Å². The molecule has 2 aliphatic rings. The topological polar surface area (TPSA) is 20.2 Å². The first-order valence-electron chi connectivity index (χ1n) is 5.08. The largest absolute Gasteiger partial charge is 0.377 e. The number of terminal acetylenes is 1. The van der Waals surface area contributed by atoms with Crippen molar-refractivity contribution < 1.29 is 5.11 Å². The van der Waals surface area contributed by atoms with Gasteiger partial charge >= 0.3 is 0 Å². The normalized spacial score (nSPS) is 36.3. The van der Waals surface area contributed by atoms with Crippen LogP contribution in [0.4, 0.5) is 0 Å². The standard InChI is InChI=1S/C12H16O/c1-2-12(13)10-6-5-9-11(12)7-3-4-8-11/h1,3-4,13H,5-10H2. The maximum absolute atomic E-state index is 10.4. The van der Waals surface area contributed by atoms with Gasteiger partial charge in [0.05, 0.1) is 0 Å². The van der Waals surface area contributed by atoms with Gasteiger partial charge < -0.3 is 5.11 Å². The molecule has 0 radical (unpaired) electrons. The van der Waals surface area contributed by atoms with Crippen molar-refractivity contribution in [3.8, 4) is 12.3 Å². The van der Waals surface area contributed by atoms with Crippen LogP contribution in [0.3, 0.4) is 0 Å². The minimum Gasteiger partial charge on any atom is -0.377 e. The highest BCUT2D eigenvalue weighted by Gasteiger charge is 2.50. The second-order valence-corrected chi connectivity index (χ2v) is 4.37. The number of allylic oxidation sites excluding steroid dienone is 2. The molecule has 1 heteroatoms. The van der Waals surface area contributed by atoms with Gasteiger partial charge in [0.15, 0.2) is 0 Å². The molecule has 0 aromatic heterocycles. The Kier molecular flexibility index (Phi) is 1.96. The first-order valence-corrected chi connectivity index (χ1v) is 5.08. The summed E-state index contributed by atoms with van der Waals surface area (Å²) in [6, 6.07) is 0. The Morgan fingerprint density at radius 2 is 1.77 bits per heavy atom. The number of rotatable bonds is 0. The van der Waals surface area contributed by atoms with Crippen molar-refractivity contribution >= 4 is 0 Å². The molecule has 1 spiro atoms. The minimum absolute atomic E-state index is 0.0139. The van der Waals surface area contributed by atoms with Gasteiger partial charge in [-0.3, -0.25) is 0 Å². The van der Waals surface area contributed by atoms with E-state index in [-0.39, 0.29) is 5.41 Å².